The van der Waals surface area contributed by atoms with Gasteiger partial charge in [0.25, 0.3) is 0 Å². The van der Waals surface area contributed by atoms with Gasteiger partial charge in [-0.15, -0.1) is 0 Å². The second-order valence-electron chi connectivity index (χ2n) is 4.12. The van der Waals surface area contributed by atoms with Gasteiger partial charge in [-0.2, -0.15) is 0 Å². The molecular weight excluding hydrogens is 207 g/mol. The van der Waals surface area contributed by atoms with Crippen molar-refractivity contribution in [3.8, 4) is 5.75 Å². The van der Waals surface area contributed by atoms with Gasteiger partial charge in [0.2, 0.25) is 0 Å². The van der Waals surface area contributed by atoms with Gasteiger partial charge in [-0.25, -0.2) is 4.39 Å². The van der Waals surface area contributed by atoms with Gasteiger partial charge in [0.15, 0.2) is 0 Å². The molecule has 0 amide bonds. The molecule has 0 saturated carbocycles. The molecule has 0 aromatic heterocycles. The second kappa shape index (κ2) is 5.16. The molecule has 1 aromatic carbocycles. The van der Waals surface area contributed by atoms with Crippen molar-refractivity contribution in [3.63, 3.8) is 0 Å². The maximum Gasteiger partial charge on any atom is 0.128 e. The Morgan fingerprint density at radius 3 is 2.69 bits per heavy atom. The van der Waals surface area contributed by atoms with E-state index in [0.717, 1.165) is 19.6 Å². The molecule has 16 heavy (non-hydrogen) atoms. The summed E-state index contributed by atoms with van der Waals surface area (Å²) in [5.74, 6) is 0.160. The minimum Gasteiger partial charge on any atom is -0.492 e. The average Bonchev–Trinajstić information content (AvgIpc) is 2.69. The number of likely N-dealkylation sites (tertiary alicyclic amines) is 1. The molecule has 0 bridgehead atoms. The van der Waals surface area contributed by atoms with E-state index in [4.69, 9.17) is 10.5 Å². The van der Waals surface area contributed by atoms with Crippen LogP contribution >= 0.6 is 0 Å². The van der Waals surface area contributed by atoms with Crippen LogP contribution in [0.5, 0.6) is 5.75 Å². The minimum atomic E-state index is -0.351. The summed E-state index contributed by atoms with van der Waals surface area (Å²) in [5.41, 5.74) is 5.92. The summed E-state index contributed by atoms with van der Waals surface area (Å²) in [6.07, 6.45) is 2.54. The topological polar surface area (TPSA) is 38.5 Å². The third-order valence-electron chi connectivity index (χ3n) is 2.77. The number of halogens is 1. The number of rotatable bonds is 4. The van der Waals surface area contributed by atoms with Crippen molar-refractivity contribution in [2.75, 3.05) is 32.0 Å². The second-order valence-corrected chi connectivity index (χ2v) is 4.12. The lowest BCUT2D eigenvalue weighted by Gasteiger charge is -2.15. The summed E-state index contributed by atoms with van der Waals surface area (Å²) in [5, 5.41) is 0. The van der Waals surface area contributed by atoms with E-state index in [1.807, 2.05) is 0 Å². The zero-order valence-corrected chi connectivity index (χ0v) is 9.29. The molecule has 0 unspecified atom stereocenters. The average molecular weight is 224 g/mol. The van der Waals surface area contributed by atoms with Crippen LogP contribution < -0.4 is 10.5 Å². The van der Waals surface area contributed by atoms with Gasteiger partial charge in [-0.1, -0.05) is 0 Å². The first-order valence-electron chi connectivity index (χ1n) is 5.65. The normalized spacial score (nSPS) is 16.6. The number of benzene rings is 1. The number of anilines is 1. The number of ether oxygens (including phenoxy) is 1. The van der Waals surface area contributed by atoms with E-state index >= 15 is 0 Å². The first-order chi connectivity index (χ1) is 7.74. The Morgan fingerprint density at radius 2 is 2.00 bits per heavy atom. The van der Waals surface area contributed by atoms with E-state index < -0.39 is 0 Å². The van der Waals surface area contributed by atoms with Crippen molar-refractivity contribution in [3.05, 3.63) is 24.0 Å². The molecular formula is C12H17FN2O. The fourth-order valence-electron chi connectivity index (χ4n) is 1.97. The maximum atomic E-state index is 13.0. The molecule has 4 heteroatoms. The number of nitrogens with zero attached hydrogens (tertiary/aromatic N) is 1. The Balaban J connectivity index is 1.80. The monoisotopic (exact) mass is 224 g/mol. The van der Waals surface area contributed by atoms with Gasteiger partial charge in [0.1, 0.15) is 18.2 Å². The van der Waals surface area contributed by atoms with Crippen molar-refractivity contribution in [1.82, 2.24) is 4.90 Å². The summed E-state index contributed by atoms with van der Waals surface area (Å²) < 4.78 is 18.5. The summed E-state index contributed by atoms with van der Waals surface area (Å²) in [7, 11) is 0. The van der Waals surface area contributed by atoms with Crippen molar-refractivity contribution in [1.29, 1.82) is 0 Å². The van der Waals surface area contributed by atoms with Crippen molar-refractivity contribution < 1.29 is 9.13 Å². The zero-order chi connectivity index (χ0) is 11.4. The van der Waals surface area contributed by atoms with Crippen molar-refractivity contribution >= 4 is 5.69 Å². The number of hydrogen-bond acceptors (Lipinski definition) is 3. The molecule has 1 saturated heterocycles. The fourth-order valence-corrected chi connectivity index (χ4v) is 1.97. The lowest BCUT2D eigenvalue weighted by molar-refractivity contribution is 0.237. The van der Waals surface area contributed by atoms with E-state index in [9.17, 15) is 4.39 Å². The van der Waals surface area contributed by atoms with Crippen molar-refractivity contribution in [2.45, 2.75) is 12.8 Å². The number of nitrogen functional groups attached to an aromatic ring is 1. The predicted molar refractivity (Wildman–Crippen MR) is 62.0 cm³/mol. The standard InChI is InChI=1S/C12H17FN2O/c13-10-7-11(14)9-12(8-10)16-6-5-15-3-1-2-4-15/h7-9H,1-6,14H2. The van der Waals surface area contributed by atoms with Crippen LogP contribution in [-0.4, -0.2) is 31.1 Å². The molecule has 2 N–H and O–H groups in total. The summed E-state index contributed by atoms with van der Waals surface area (Å²) >= 11 is 0. The fraction of sp³-hybridized carbons (Fsp3) is 0.500. The highest BCUT2D eigenvalue weighted by Gasteiger charge is 2.10. The molecule has 1 fully saturated rings. The maximum absolute atomic E-state index is 13.0. The predicted octanol–water partition coefficient (Wildman–Crippen LogP) is 1.88. The van der Waals surface area contributed by atoms with Crippen LogP contribution in [-0.2, 0) is 0 Å². The SMILES string of the molecule is Nc1cc(F)cc(OCCN2CCCC2)c1. The smallest absolute Gasteiger partial charge is 0.128 e. The lowest BCUT2D eigenvalue weighted by atomic mass is 10.3. The highest BCUT2D eigenvalue weighted by Crippen LogP contribution is 2.17. The van der Waals surface area contributed by atoms with Crippen LogP contribution in [0.15, 0.2) is 18.2 Å². The molecule has 2 rings (SSSR count). The first kappa shape index (κ1) is 11.2. The Hall–Kier alpha value is -1.29. The highest BCUT2D eigenvalue weighted by atomic mass is 19.1. The Morgan fingerprint density at radius 1 is 1.25 bits per heavy atom. The van der Waals surface area contributed by atoms with Gasteiger partial charge in [0.05, 0.1) is 0 Å². The molecule has 0 atom stereocenters. The molecule has 1 aromatic rings. The molecule has 88 valence electrons. The Labute approximate surface area is 95.0 Å². The molecule has 1 aliphatic rings. The van der Waals surface area contributed by atoms with Gasteiger partial charge in [-0.05, 0) is 32.0 Å². The van der Waals surface area contributed by atoms with Crippen LogP contribution in [0.2, 0.25) is 0 Å². The lowest BCUT2D eigenvalue weighted by Crippen LogP contribution is -2.25. The molecule has 1 aliphatic heterocycles. The highest BCUT2D eigenvalue weighted by molar-refractivity contribution is 5.44. The molecule has 3 nitrogen and oxygen atoms in total. The largest absolute Gasteiger partial charge is 0.492 e. The van der Waals surface area contributed by atoms with Gasteiger partial charge in [0, 0.05) is 24.4 Å². The molecule has 1 heterocycles. The van der Waals surface area contributed by atoms with Crippen LogP contribution in [0.25, 0.3) is 0 Å². The van der Waals surface area contributed by atoms with E-state index in [1.54, 1.807) is 6.07 Å². The zero-order valence-electron chi connectivity index (χ0n) is 9.29. The third-order valence-corrected chi connectivity index (χ3v) is 2.77. The van der Waals surface area contributed by atoms with Crippen molar-refractivity contribution in [2.24, 2.45) is 0 Å². The Kier molecular flexibility index (Phi) is 3.62. The molecule has 0 spiro atoms. The minimum absolute atomic E-state index is 0.351. The van der Waals surface area contributed by atoms with Gasteiger partial charge < -0.3 is 10.5 Å². The van der Waals surface area contributed by atoms with Crippen LogP contribution in [0.1, 0.15) is 12.8 Å². The first-order valence-corrected chi connectivity index (χ1v) is 5.65. The van der Waals surface area contributed by atoms with Gasteiger partial charge >= 0.3 is 0 Å². The molecule has 0 radical (unpaired) electrons. The van der Waals surface area contributed by atoms with E-state index in [1.165, 1.54) is 25.0 Å². The summed E-state index contributed by atoms with van der Waals surface area (Å²) in [6, 6.07) is 4.29. The van der Waals surface area contributed by atoms with E-state index in [2.05, 4.69) is 4.90 Å². The van der Waals surface area contributed by atoms with Crippen LogP contribution in [0.4, 0.5) is 10.1 Å². The van der Waals surface area contributed by atoms with Gasteiger partial charge in [-0.3, -0.25) is 4.90 Å². The Bertz CT molecular complexity index is 331. The van der Waals surface area contributed by atoms with E-state index in [-0.39, 0.29) is 5.82 Å². The molecule has 0 aliphatic carbocycles. The number of nitrogens with two attached hydrogens (primary N) is 1. The third kappa shape index (κ3) is 3.10. The summed E-state index contributed by atoms with van der Waals surface area (Å²) in [6.45, 7) is 3.78. The number of hydrogen-bond donors (Lipinski definition) is 1. The summed E-state index contributed by atoms with van der Waals surface area (Å²) in [4.78, 5) is 2.35. The van der Waals surface area contributed by atoms with E-state index in [0.29, 0.717) is 18.0 Å². The quantitative estimate of drug-likeness (QED) is 0.794. The van der Waals surface area contributed by atoms with Crippen LogP contribution in [0.3, 0.4) is 0 Å². The van der Waals surface area contributed by atoms with Crippen LogP contribution in [0, 0.1) is 5.82 Å².